The summed E-state index contributed by atoms with van der Waals surface area (Å²) in [5, 5.41) is 20.3. The van der Waals surface area contributed by atoms with E-state index >= 15 is 0 Å². The number of nitrogens with zero attached hydrogens (tertiary/aromatic N) is 2. The Hall–Kier alpha value is -2.67. The number of benzene rings is 1. The summed E-state index contributed by atoms with van der Waals surface area (Å²) < 4.78 is 5.32. The molecule has 0 saturated carbocycles. The molecule has 21 heavy (non-hydrogen) atoms. The summed E-state index contributed by atoms with van der Waals surface area (Å²) in [6.45, 7) is 1.74. The summed E-state index contributed by atoms with van der Waals surface area (Å²) in [6.07, 6.45) is 0. The van der Waals surface area contributed by atoms with Crippen LogP contribution in [-0.2, 0) is 0 Å². The Kier molecular flexibility index (Phi) is 4.04. The van der Waals surface area contributed by atoms with Gasteiger partial charge in [-0.2, -0.15) is 4.98 Å². The minimum absolute atomic E-state index is 0.273. The van der Waals surface area contributed by atoms with Crippen LogP contribution < -0.4 is 4.74 Å². The number of aromatic carboxylic acids is 1. The second kappa shape index (κ2) is 5.76. The minimum Gasteiger partial charge on any atom is -0.477 e. The summed E-state index contributed by atoms with van der Waals surface area (Å²) >= 11 is 5.88. The molecule has 0 radical (unpaired) electrons. The lowest BCUT2D eigenvalue weighted by atomic mass is 10.2. The maximum absolute atomic E-state index is 10.9. The van der Waals surface area contributed by atoms with Crippen LogP contribution in [0.4, 0.5) is 5.69 Å². The molecule has 0 aliphatic carbocycles. The summed E-state index contributed by atoms with van der Waals surface area (Å²) in [5.41, 5.74) is -0.0555. The molecular weight excluding hydrogens is 300 g/mol. The number of carboxylic acids is 1. The molecule has 7 nitrogen and oxygen atoms in total. The smallest absolute Gasteiger partial charge is 0.354 e. The van der Waals surface area contributed by atoms with E-state index in [9.17, 15) is 14.9 Å². The maximum atomic E-state index is 10.9. The van der Waals surface area contributed by atoms with Gasteiger partial charge in [0.1, 0.15) is 5.75 Å². The van der Waals surface area contributed by atoms with Crippen LogP contribution in [0.2, 0.25) is 5.02 Å². The van der Waals surface area contributed by atoms with Gasteiger partial charge in [-0.25, -0.2) is 4.79 Å². The van der Waals surface area contributed by atoms with Crippen LogP contribution in [0.15, 0.2) is 30.3 Å². The van der Waals surface area contributed by atoms with Gasteiger partial charge in [-0.05, 0) is 36.8 Å². The van der Waals surface area contributed by atoms with Gasteiger partial charge in [0, 0.05) is 11.1 Å². The fourth-order valence-electron chi connectivity index (χ4n) is 1.56. The van der Waals surface area contributed by atoms with Gasteiger partial charge in [-0.3, -0.25) is 10.1 Å². The normalized spacial score (nSPS) is 10.2. The monoisotopic (exact) mass is 308 g/mol. The molecule has 0 aliphatic heterocycles. The molecule has 1 heterocycles. The number of aromatic nitrogens is 1. The van der Waals surface area contributed by atoms with Gasteiger partial charge < -0.3 is 9.84 Å². The molecule has 2 rings (SSSR count). The molecule has 0 spiro atoms. The van der Waals surface area contributed by atoms with Gasteiger partial charge >= 0.3 is 11.7 Å². The maximum Gasteiger partial charge on any atom is 0.354 e. The van der Waals surface area contributed by atoms with E-state index in [-0.39, 0.29) is 17.3 Å². The lowest BCUT2D eigenvalue weighted by molar-refractivity contribution is -0.386. The van der Waals surface area contributed by atoms with E-state index in [1.807, 2.05) is 0 Å². The van der Waals surface area contributed by atoms with Crippen molar-refractivity contribution in [2.24, 2.45) is 0 Å². The molecule has 0 saturated heterocycles. The third kappa shape index (κ3) is 3.26. The van der Waals surface area contributed by atoms with Gasteiger partial charge in [0.05, 0.1) is 4.92 Å². The Morgan fingerprint density at radius 1 is 1.38 bits per heavy atom. The second-order valence-corrected chi connectivity index (χ2v) is 4.50. The molecule has 0 fully saturated rings. The SMILES string of the molecule is Cc1cc(Oc2nc(C(=O)O)ccc2[N+](=O)[O-])ccc1Cl. The second-order valence-electron chi connectivity index (χ2n) is 4.10. The molecule has 0 atom stereocenters. The Balaban J connectivity index is 2.45. The van der Waals surface area contributed by atoms with Gasteiger partial charge in [0.2, 0.25) is 0 Å². The molecule has 1 aromatic heterocycles. The van der Waals surface area contributed by atoms with Crippen molar-refractivity contribution < 1.29 is 19.6 Å². The fourth-order valence-corrected chi connectivity index (χ4v) is 1.68. The van der Waals surface area contributed by atoms with Crippen LogP contribution in [-0.4, -0.2) is 21.0 Å². The molecule has 0 bridgehead atoms. The molecule has 108 valence electrons. The number of carbonyl (C=O) groups is 1. The van der Waals surface area contributed by atoms with E-state index in [0.29, 0.717) is 10.6 Å². The average molecular weight is 309 g/mol. The fraction of sp³-hybridized carbons (Fsp3) is 0.0769. The highest BCUT2D eigenvalue weighted by atomic mass is 35.5. The Morgan fingerprint density at radius 3 is 2.67 bits per heavy atom. The first-order chi connectivity index (χ1) is 9.88. The molecule has 0 aliphatic rings. The van der Waals surface area contributed by atoms with Crippen LogP contribution in [0.25, 0.3) is 0 Å². The van der Waals surface area contributed by atoms with Gasteiger partial charge in [0.25, 0.3) is 5.88 Å². The number of aryl methyl sites for hydroxylation is 1. The van der Waals surface area contributed by atoms with Crippen LogP contribution in [0.5, 0.6) is 11.6 Å². The van der Waals surface area contributed by atoms with Crippen LogP contribution in [0.1, 0.15) is 16.1 Å². The largest absolute Gasteiger partial charge is 0.477 e. The van der Waals surface area contributed by atoms with Gasteiger partial charge in [-0.1, -0.05) is 11.6 Å². The Morgan fingerprint density at radius 2 is 2.10 bits per heavy atom. The Bertz CT molecular complexity index is 732. The predicted octanol–water partition coefficient (Wildman–Crippen LogP) is 3.44. The number of carboxylic acid groups (broad SMARTS) is 1. The zero-order chi connectivity index (χ0) is 15.6. The number of hydrogen-bond donors (Lipinski definition) is 1. The minimum atomic E-state index is -1.30. The lowest BCUT2D eigenvalue weighted by Crippen LogP contribution is -2.04. The Labute approximate surface area is 123 Å². The standard InChI is InChI=1S/C13H9ClN2O5/c1-7-6-8(2-3-9(7)14)21-12-11(16(19)20)5-4-10(15-12)13(17)18/h2-6H,1H3,(H,17,18). The van der Waals surface area contributed by atoms with Crippen molar-refractivity contribution >= 4 is 23.3 Å². The highest BCUT2D eigenvalue weighted by molar-refractivity contribution is 6.31. The summed E-state index contributed by atoms with van der Waals surface area (Å²) in [4.78, 5) is 24.8. The van der Waals surface area contributed by atoms with E-state index in [4.69, 9.17) is 21.4 Å². The van der Waals surface area contributed by atoms with Crippen molar-refractivity contribution in [1.82, 2.24) is 4.98 Å². The summed E-state index contributed by atoms with van der Waals surface area (Å²) in [7, 11) is 0. The average Bonchev–Trinajstić information content (AvgIpc) is 2.42. The summed E-state index contributed by atoms with van der Waals surface area (Å²) in [6, 6.07) is 6.73. The summed E-state index contributed by atoms with van der Waals surface area (Å²) in [5.74, 6) is -1.42. The van der Waals surface area contributed by atoms with Crippen molar-refractivity contribution in [3.8, 4) is 11.6 Å². The zero-order valence-corrected chi connectivity index (χ0v) is 11.5. The van der Waals surface area contributed by atoms with Crippen molar-refractivity contribution in [1.29, 1.82) is 0 Å². The highest BCUT2D eigenvalue weighted by Gasteiger charge is 2.20. The van der Waals surface area contributed by atoms with E-state index in [1.54, 1.807) is 19.1 Å². The van der Waals surface area contributed by atoms with E-state index < -0.39 is 16.6 Å². The third-order valence-corrected chi connectivity index (χ3v) is 3.02. The van der Waals surface area contributed by atoms with Crippen molar-refractivity contribution in [2.45, 2.75) is 6.92 Å². The van der Waals surface area contributed by atoms with Crippen LogP contribution in [0, 0.1) is 17.0 Å². The first-order valence-electron chi connectivity index (χ1n) is 5.71. The van der Waals surface area contributed by atoms with Crippen molar-refractivity contribution in [3.05, 3.63) is 56.7 Å². The lowest BCUT2D eigenvalue weighted by Gasteiger charge is -2.07. The topological polar surface area (TPSA) is 103 Å². The number of nitro groups is 1. The number of pyridine rings is 1. The number of halogens is 1. The van der Waals surface area contributed by atoms with Gasteiger partial charge in [-0.15, -0.1) is 0 Å². The number of ether oxygens (including phenoxy) is 1. The highest BCUT2D eigenvalue weighted by Crippen LogP contribution is 2.31. The molecule has 8 heteroatoms. The predicted molar refractivity (Wildman–Crippen MR) is 74.1 cm³/mol. The molecule has 0 amide bonds. The molecule has 0 unspecified atom stereocenters. The third-order valence-electron chi connectivity index (χ3n) is 2.60. The van der Waals surface area contributed by atoms with E-state index in [2.05, 4.69) is 4.98 Å². The van der Waals surface area contributed by atoms with E-state index in [1.165, 1.54) is 6.07 Å². The first kappa shape index (κ1) is 14.7. The van der Waals surface area contributed by atoms with Crippen LogP contribution >= 0.6 is 11.6 Å². The molecule has 2 aromatic rings. The molecular formula is C13H9ClN2O5. The van der Waals surface area contributed by atoms with Gasteiger partial charge in [0.15, 0.2) is 5.69 Å². The quantitative estimate of drug-likeness (QED) is 0.685. The number of rotatable bonds is 4. The van der Waals surface area contributed by atoms with E-state index in [0.717, 1.165) is 12.1 Å². The molecule has 1 N–H and O–H groups in total. The molecule has 1 aromatic carbocycles. The van der Waals surface area contributed by atoms with Crippen molar-refractivity contribution in [2.75, 3.05) is 0 Å². The van der Waals surface area contributed by atoms with Crippen molar-refractivity contribution in [3.63, 3.8) is 0 Å². The number of hydrogen-bond acceptors (Lipinski definition) is 5. The first-order valence-corrected chi connectivity index (χ1v) is 6.09. The van der Waals surface area contributed by atoms with Crippen LogP contribution in [0.3, 0.4) is 0 Å². The zero-order valence-electron chi connectivity index (χ0n) is 10.7.